The number of carbonyl (C=O) groups is 2. The zero-order valence-corrected chi connectivity index (χ0v) is 27.1. The molecule has 0 bridgehead atoms. The molecule has 9 nitrogen and oxygen atoms in total. The van der Waals surface area contributed by atoms with Crippen molar-refractivity contribution in [3.05, 3.63) is 95.6 Å². The van der Waals surface area contributed by atoms with Crippen LogP contribution in [0.2, 0.25) is 0 Å². The molecule has 0 unspecified atom stereocenters. The van der Waals surface area contributed by atoms with E-state index in [0.717, 1.165) is 42.0 Å². The number of fused-ring (bicyclic) bond motifs is 1. The second-order valence-electron chi connectivity index (χ2n) is 12.3. The summed E-state index contributed by atoms with van der Waals surface area (Å²) in [5.74, 6) is 7.57. The fourth-order valence-electron chi connectivity index (χ4n) is 6.77. The van der Waals surface area contributed by atoms with Crippen LogP contribution in [0.5, 0.6) is 5.75 Å². The van der Waals surface area contributed by atoms with E-state index in [2.05, 4.69) is 46.3 Å². The van der Waals surface area contributed by atoms with Gasteiger partial charge in [0.15, 0.2) is 0 Å². The molecule has 3 aromatic carbocycles. The third-order valence-corrected chi connectivity index (χ3v) is 9.34. The van der Waals surface area contributed by atoms with Gasteiger partial charge in [0.05, 0.1) is 40.0 Å². The summed E-state index contributed by atoms with van der Waals surface area (Å²) < 4.78 is 16.9. The van der Waals surface area contributed by atoms with E-state index in [1.165, 1.54) is 5.56 Å². The third-order valence-electron chi connectivity index (χ3n) is 9.34. The van der Waals surface area contributed by atoms with Crippen molar-refractivity contribution in [3.63, 3.8) is 0 Å². The van der Waals surface area contributed by atoms with Crippen LogP contribution in [-0.4, -0.2) is 105 Å². The number of anilines is 1. The number of rotatable bonds is 8. The van der Waals surface area contributed by atoms with Crippen LogP contribution >= 0.6 is 0 Å². The van der Waals surface area contributed by atoms with Crippen LogP contribution in [0.4, 0.5) is 10.5 Å². The van der Waals surface area contributed by atoms with Gasteiger partial charge in [-0.25, -0.2) is 4.79 Å². The van der Waals surface area contributed by atoms with Gasteiger partial charge in [-0.15, -0.1) is 0 Å². The fourth-order valence-corrected chi connectivity index (χ4v) is 6.77. The lowest BCUT2D eigenvalue weighted by atomic mass is 9.74. The number of benzene rings is 3. The van der Waals surface area contributed by atoms with E-state index >= 15 is 0 Å². The Kier molecular flexibility index (Phi) is 11.1. The summed E-state index contributed by atoms with van der Waals surface area (Å²) in [5, 5.41) is 3.08. The average Bonchev–Trinajstić information content (AvgIpc) is 3.11. The lowest BCUT2D eigenvalue weighted by Crippen LogP contribution is -2.68. The quantitative estimate of drug-likeness (QED) is 0.282. The van der Waals surface area contributed by atoms with E-state index in [1.807, 2.05) is 64.4 Å². The maximum atomic E-state index is 13.5. The highest BCUT2D eigenvalue weighted by molar-refractivity contribution is 5.89. The van der Waals surface area contributed by atoms with Crippen molar-refractivity contribution in [3.8, 4) is 17.6 Å². The molecule has 3 saturated heterocycles. The van der Waals surface area contributed by atoms with Crippen LogP contribution in [0.25, 0.3) is 0 Å². The number of nitrogens with one attached hydrogen (secondary N) is 1. The van der Waals surface area contributed by atoms with Gasteiger partial charge in [-0.1, -0.05) is 42.2 Å². The van der Waals surface area contributed by atoms with Crippen LogP contribution in [0.3, 0.4) is 0 Å². The molecule has 6 rings (SSSR count). The number of urea groups is 1. The molecular formula is C38H44N4O5. The van der Waals surface area contributed by atoms with E-state index in [4.69, 9.17) is 14.2 Å². The first-order valence-electron chi connectivity index (χ1n) is 16.6. The third kappa shape index (κ3) is 8.33. The van der Waals surface area contributed by atoms with Gasteiger partial charge in [0.2, 0.25) is 5.91 Å². The van der Waals surface area contributed by atoms with Gasteiger partial charge in [-0.05, 0) is 73.5 Å². The molecule has 1 N–H and O–H groups in total. The smallest absolute Gasteiger partial charge is 0.321 e. The van der Waals surface area contributed by atoms with Crippen LogP contribution in [0.1, 0.15) is 41.9 Å². The minimum absolute atomic E-state index is 0.0939. The molecule has 0 saturated carbocycles. The van der Waals surface area contributed by atoms with E-state index in [9.17, 15) is 9.59 Å². The number of methoxy groups -OCH3 is 1. The summed E-state index contributed by atoms with van der Waals surface area (Å²) in [4.78, 5) is 32.5. The number of amides is 3. The number of nitrogens with zero attached hydrogens (tertiary/aromatic N) is 3. The second kappa shape index (κ2) is 16.0. The van der Waals surface area contributed by atoms with Gasteiger partial charge in [0.25, 0.3) is 0 Å². The number of carbonyl (C=O) groups excluding carboxylic acids is 2. The largest absolute Gasteiger partial charge is 0.497 e. The van der Waals surface area contributed by atoms with E-state index in [1.54, 1.807) is 7.11 Å². The number of morpholine rings is 1. The van der Waals surface area contributed by atoms with Crippen molar-refractivity contribution in [1.29, 1.82) is 0 Å². The summed E-state index contributed by atoms with van der Waals surface area (Å²) in [6.07, 6.45) is 2.30. The maximum absolute atomic E-state index is 13.5. The topological polar surface area (TPSA) is 83.6 Å². The molecule has 246 valence electrons. The fraction of sp³-hybridized carbons (Fsp3) is 0.421. The Bertz CT molecular complexity index is 1530. The predicted octanol–water partition coefficient (Wildman–Crippen LogP) is 4.82. The van der Waals surface area contributed by atoms with Gasteiger partial charge in [0.1, 0.15) is 5.75 Å². The van der Waals surface area contributed by atoms with E-state index < -0.39 is 0 Å². The average molecular weight is 637 g/mol. The summed E-state index contributed by atoms with van der Waals surface area (Å²) >= 11 is 0. The molecule has 3 aliphatic heterocycles. The molecule has 3 amide bonds. The molecule has 0 spiro atoms. The lowest BCUT2D eigenvalue weighted by molar-refractivity contribution is -0.137. The molecule has 0 aliphatic carbocycles. The van der Waals surface area contributed by atoms with Crippen LogP contribution < -0.4 is 10.1 Å². The normalized spacial score (nSPS) is 21.3. The van der Waals surface area contributed by atoms with Gasteiger partial charge in [-0.2, -0.15) is 0 Å². The Hall–Kier alpha value is -4.36. The summed E-state index contributed by atoms with van der Waals surface area (Å²) in [7, 11) is 1.63. The van der Waals surface area contributed by atoms with Gasteiger partial charge in [-0.3, -0.25) is 9.69 Å². The standard InChI is InChI=1S/C38H44N4O5/c1-45-33-17-15-32(16-18-33)39-38(44)41-20-5-6-21-42-34(27-41)37(35(42)28-47-24-19-36(43)40-22-25-46-26-23-40)31-13-11-30(12-14-31)10-9-29-7-3-2-4-8-29/h2-4,7-8,11-18,34-35,37H,5-6,19-28H2,1H3,(H,39,44)/t34-,35+,37+/m0/s1. The van der Waals surface area contributed by atoms with Crippen molar-refractivity contribution in [2.24, 2.45) is 0 Å². The summed E-state index contributed by atoms with van der Waals surface area (Å²) in [6.45, 7) is 5.69. The van der Waals surface area contributed by atoms with Crippen molar-refractivity contribution in [2.45, 2.75) is 37.3 Å². The summed E-state index contributed by atoms with van der Waals surface area (Å²) in [5.41, 5.74) is 3.90. The first-order valence-corrected chi connectivity index (χ1v) is 16.6. The molecule has 3 heterocycles. The van der Waals surface area contributed by atoms with Gasteiger partial charge < -0.3 is 29.3 Å². The van der Waals surface area contributed by atoms with E-state index in [0.29, 0.717) is 59.0 Å². The Morgan fingerprint density at radius 1 is 0.851 bits per heavy atom. The SMILES string of the molecule is COc1ccc(NC(=O)N2CCCCN3[C@H](COCCC(=O)N4CCOCC4)[C@H](c4ccc(C#Cc5ccccc5)cc4)[C@@H]3C2)cc1. The van der Waals surface area contributed by atoms with Crippen molar-refractivity contribution in [2.75, 3.05) is 71.6 Å². The molecule has 9 heteroatoms. The number of hydrogen-bond acceptors (Lipinski definition) is 6. The van der Waals surface area contributed by atoms with Crippen LogP contribution in [0, 0.1) is 11.8 Å². The molecule has 0 aromatic heterocycles. The molecule has 3 aliphatic rings. The minimum Gasteiger partial charge on any atom is -0.497 e. The molecular weight excluding hydrogens is 592 g/mol. The van der Waals surface area contributed by atoms with Crippen molar-refractivity contribution in [1.82, 2.24) is 14.7 Å². The minimum atomic E-state index is -0.0939. The lowest BCUT2D eigenvalue weighted by Gasteiger charge is -2.57. The second-order valence-corrected chi connectivity index (χ2v) is 12.3. The predicted molar refractivity (Wildman–Crippen MR) is 182 cm³/mol. The summed E-state index contributed by atoms with van der Waals surface area (Å²) in [6, 6.07) is 26.1. The Balaban J connectivity index is 1.15. The highest BCUT2D eigenvalue weighted by Gasteiger charge is 2.50. The Morgan fingerprint density at radius 3 is 2.28 bits per heavy atom. The van der Waals surface area contributed by atoms with Crippen molar-refractivity contribution < 1.29 is 23.8 Å². The van der Waals surface area contributed by atoms with Gasteiger partial charge in [0, 0.05) is 61.0 Å². The monoisotopic (exact) mass is 636 g/mol. The number of hydrogen-bond donors (Lipinski definition) is 1. The highest BCUT2D eigenvalue weighted by Crippen LogP contribution is 2.42. The first kappa shape index (κ1) is 32.6. The molecule has 3 atom stereocenters. The van der Waals surface area contributed by atoms with Crippen molar-refractivity contribution >= 4 is 17.6 Å². The molecule has 47 heavy (non-hydrogen) atoms. The van der Waals surface area contributed by atoms with Crippen LogP contribution in [0.15, 0.2) is 78.9 Å². The molecule has 3 aromatic rings. The Morgan fingerprint density at radius 2 is 1.55 bits per heavy atom. The maximum Gasteiger partial charge on any atom is 0.321 e. The van der Waals surface area contributed by atoms with Gasteiger partial charge >= 0.3 is 6.03 Å². The zero-order valence-electron chi connectivity index (χ0n) is 27.1. The first-order chi connectivity index (χ1) is 23.1. The van der Waals surface area contributed by atoms with Crippen LogP contribution in [-0.2, 0) is 14.3 Å². The molecule has 3 fully saturated rings. The highest BCUT2D eigenvalue weighted by atomic mass is 16.5. The number of ether oxygens (including phenoxy) is 3. The molecule has 0 radical (unpaired) electrons. The zero-order chi connectivity index (χ0) is 32.4. The van der Waals surface area contributed by atoms with E-state index in [-0.39, 0.29) is 29.9 Å². The Labute approximate surface area is 277 Å².